The van der Waals surface area contributed by atoms with Crippen LogP contribution in [0.3, 0.4) is 0 Å². The first kappa shape index (κ1) is 12.2. The lowest BCUT2D eigenvalue weighted by atomic mass is 10.3. The van der Waals surface area contributed by atoms with E-state index in [2.05, 4.69) is 0 Å². The van der Waals surface area contributed by atoms with Crippen molar-refractivity contribution < 1.29 is 9.90 Å². The van der Waals surface area contributed by atoms with Crippen molar-refractivity contribution in [3.8, 4) is 0 Å². The first-order valence-electron chi connectivity index (χ1n) is 6.26. The molecule has 4 heteroatoms. The lowest BCUT2D eigenvalue weighted by molar-refractivity contribution is -0.132. The zero-order valence-corrected chi connectivity index (χ0v) is 10.5. The topological polar surface area (TPSA) is 45.5 Å². The third-order valence-electron chi connectivity index (χ3n) is 3.25. The molecule has 4 nitrogen and oxygen atoms in total. The summed E-state index contributed by atoms with van der Waals surface area (Å²) in [5, 5.41) is 9.58. The first-order valence-corrected chi connectivity index (χ1v) is 6.26. The lowest BCUT2D eigenvalue weighted by Gasteiger charge is -2.21. The number of carbonyl (C=O) groups excluding carboxylic acids is 1. The molecule has 0 aliphatic heterocycles. The number of nitrogens with zero attached hydrogens (tertiary/aromatic N) is 2. The smallest absolute Gasteiger partial charge is 0.242 e. The second-order valence-corrected chi connectivity index (χ2v) is 4.65. The van der Waals surface area contributed by atoms with Crippen molar-refractivity contribution in [1.29, 1.82) is 0 Å². The molecule has 1 saturated carbocycles. The summed E-state index contributed by atoms with van der Waals surface area (Å²) < 4.78 is 1.83. The number of aliphatic hydroxyl groups excluding tert-OH is 1. The molecule has 94 valence electrons. The van der Waals surface area contributed by atoms with Crippen LogP contribution in [-0.4, -0.2) is 33.1 Å². The van der Waals surface area contributed by atoms with Gasteiger partial charge in [0.25, 0.3) is 0 Å². The third-order valence-corrected chi connectivity index (χ3v) is 3.25. The predicted molar refractivity (Wildman–Crippen MR) is 65.5 cm³/mol. The predicted octanol–water partition coefficient (Wildman–Crippen LogP) is 1.55. The van der Waals surface area contributed by atoms with Crippen LogP contribution in [0.5, 0.6) is 0 Å². The molecule has 1 heterocycles. The highest BCUT2D eigenvalue weighted by atomic mass is 16.3. The Morgan fingerprint density at radius 3 is 2.88 bits per heavy atom. The van der Waals surface area contributed by atoms with Gasteiger partial charge in [-0.2, -0.15) is 0 Å². The number of aromatic nitrogens is 1. The number of rotatable bonds is 5. The van der Waals surface area contributed by atoms with Crippen LogP contribution in [0.25, 0.3) is 0 Å². The molecule has 0 aromatic carbocycles. The van der Waals surface area contributed by atoms with Crippen LogP contribution < -0.4 is 0 Å². The monoisotopic (exact) mass is 236 g/mol. The van der Waals surface area contributed by atoms with Crippen LogP contribution in [0.15, 0.2) is 18.3 Å². The van der Waals surface area contributed by atoms with Gasteiger partial charge in [0.2, 0.25) is 5.91 Å². The number of amides is 1. The summed E-state index contributed by atoms with van der Waals surface area (Å²) in [4.78, 5) is 14.1. The largest absolute Gasteiger partial charge is 0.387 e. The van der Waals surface area contributed by atoms with Gasteiger partial charge in [0.15, 0.2) is 0 Å². The van der Waals surface area contributed by atoms with Crippen LogP contribution in [0.4, 0.5) is 0 Å². The van der Waals surface area contributed by atoms with Crippen molar-refractivity contribution in [3.05, 3.63) is 24.0 Å². The SMILES string of the molecule is CCN(C(=O)Cn1cccc1C(C)O)C1CC1. The summed E-state index contributed by atoms with van der Waals surface area (Å²) in [7, 11) is 0. The average molecular weight is 236 g/mol. The summed E-state index contributed by atoms with van der Waals surface area (Å²) in [5.74, 6) is 0.146. The molecule has 0 spiro atoms. The first-order chi connectivity index (χ1) is 8.13. The molecule has 1 atom stereocenters. The van der Waals surface area contributed by atoms with Crippen molar-refractivity contribution in [2.45, 2.75) is 45.4 Å². The van der Waals surface area contributed by atoms with Crippen molar-refractivity contribution >= 4 is 5.91 Å². The van der Waals surface area contributed by atoms with E-state index in [1.54, 1.807) is 6.92 Å². The van der Waals surface area contributed by atoms with E-state index in [9.17, 15) is 9.90 Å². The Kier molecular flexibility index (Phi) is 3.52. The van der Waals surface area contributed by atoms with Crippen LogP contribution >= 0.6 is 0 Å². The molecule has 0 saturated heterocycles. The van der Waals surface area contributed by atoms with Gasteiger partial charge in [-0.1, -0.05) is 0 Å². The fourth-order valence-corrected chi connectivity index (χ4v) is 2.21. The van der Waals surface area contributed by atoms with E-state index < -0.39 is 6.10 Å². The van der Waals surface area contributed by atoms with Gasteiger partial charge < -0.3 is 14.6 Å². The molecule has 1 aliphatic rings. The number of aliphatic hydroxyl groups is 1. The number of likely N-dealkylation sites (N-methyl/N-ethyl adjacent to an activating group) is 1. The molecule has 0 radical (unpaired) electrons. The van der Waals surface area contributed by atoms with Crippen LogP contribution in [0, 0.1) is 0 Å². The van der Waals surface area contributed by atoms with Gasteiger partial charge in [-0.25, -0.2) is 0 Å². The van der Waals surface area contributed by atoms with Gasteiger partial charge in [0.05, 0.1) is 6.10 Å². The lowest BCUT2D eigenvalue weighted by Crippen LogP contribution is -2.35. The van der Waals surface area contributed by atoms with Crippen molar-refractivity contribution in [2.24, 2.45) is 0 Å². The maximum atomic E-state index is 12.1. The second kappa shape index (κ2) is 4.92. The molecule has 1 aromatic rings. The van der Waals surface area contributed by atoms with Gasteiger partial charge in [-0.05, 0) is 38.8 Å². The summed E-state index contributed by atoms with van der Waals surface area (Å²) in [6.07, 6.45) is 3.58. The Morgan fingerprint density at radius 2 is 2.35 bits per heavy atom. The molecule has 1 amide bonds. The highest BCUT2D eigenvalue weighted by molar-refractivity contribution is 5.76. The maximum Gasteiger partial charge on any atom is 0.242 e. The van der Waals surface area contributed by atoms with Gasteiger partial charge in [0, 0.05) is 24.5 Å². The van der Waals surface area contributed by atoms with Gasteiger partial charge >= 0.3 is 0 Å². The molecule has 1 unspecified atom stereocenters. The maximum absolute atomic E-state index is 12.1. The van der Waals surface area contributed by atoms with E-state index in [1.807, 2.05) is 34.7 Å². The van der Waals surface area contributed by atoms with Gasteiger partial charge in [0.1, 0.15) is 6.54 Å². The molecule has 1 N–H and O–H groups in total. The standard InChI is InChI=1S/C13H20N2O2/c1-3-15(11-6-7-11)13(17)9-14-8-4-5-12(14)10(2)16/h4-5,8,10-11,16H,3,6-7,9H2,1-2H3. The van der Waals surface area contributed by atoms with Crippen molar-refractivity contribution in [1.82, 2.24) is 9.47 Å². The summed E-state index contributed by atoms with van der Waals surface area (Å²) in [6, 6.07) is 4.17. The highest BCUT2D eigenvalue weighted by Crippen LogP contribution is 2.27. The van der Waals surface area contributed by atoms with E-state index >= 15 is 0 Å². The fourth-order valence-electron chi connectivity index (χ4n) is 2.21. The average Bonchev–Trinajstić information content (AvgIpc) is 2.98. The Morgan fingerprint density at radius 1 is 1.65 bits per heavy atom. The normalized spacial score (nSPS) is 16.9. The quantitative estimate of drug-likeness (QED) is 0.843. The molecular formula is C13H20N2O2. The van der Waals surface area contributed by atoms with Crippen LogP contribution in [-0.2, 0) is 11.3 Å². The van der Waals surface area contributed by atoms with Crippen LogP contribution in [0.1, 0.15) is 38.5 Å². The van der Waals surface area contributed by atoms with E-state index in [0.29, 0.717) is 12.6 Å². The minimum atomic E-state index is -0.534. The van der Waals surface area contributed by atoms with Gasteiger partial charge in [-0.15, -0.1) is 0 Å². The summed E-state index contributed by atoms with van der Waals surface area (Å²) >= 11 is 0. The highest BCUT2D eigenvalue weighted by Gasteiger charge is 2.31. The van der Waals surface area contributed by atoms with E-state index in [0.717, 1.165) is 25.1 Å². The van der Waals surface area contributed by atoms with E-state index in [4.69, 9.17) is 0 Å². The second-order valence-electron chi connectivity index (χ2n) is 4.65. The Labute approximate surface area is 102 Å². The van der Waals surface area contributed by atoms with Crippen molar-refractivity contribution in [2.75, 3.05) is 6.54 Å². The van der Waals surface area contributed by atoms with E-state index in [1.165, 1.54) is 0 Å². The molecule has 2 rings (SSSR count). The minimum Gasteiger partial charge on any atom is -0.387 e. The third kappa shape index (κ3) is 2.69. The zero-order valence-electron chi connectivity index (χ0n) is 10.5. The Balaban J connectivity index is 2.04. The number of hydrogen-bond donors (Lipinski definition) is 1. The molecule has 0 bridgehead atoms. The van der Waals surface area contributed by atoms with Gasteiger partial charge in [-0.3, -0.25) is 4.79 Å². The molecule has 17 heavy (non-hydrogen) atoms. The summed E-state index contributed by atoms with van der Waals surface area (Å²) in [5.41, 5.74) is 0.796. The van der Waals surface area contributed by atoms with E-state index in [-0.39, 0.29) is 5.91 Å². The number of hydrogen-bond acceptors (Lipinski definition) is 2. The molecule has 1 aromatic heterocycles. The zero-order chi connectivity index (χ0) is 12.4. The van der Waals surface area contributed by atoms with Crippen LogP contribution in [0.2, 0.25) is 0 Å². The minimum absolute atomic E-state index is 0.146. The molecular weight excluding hydrogens is 216 g/mol. The number of carbonyl (C=O) groups is 1. The fraction of sp³-hybridized carbons (Fsp3) is 0.615. The van der Waals surface area contributed by atoms with Crippen molar-refractivity contribution in [3.63, 3.8) is 0 Å². The summed E-state index contributed by atoms with van der Waals surface area (Å²) in [6.45, 7) is 4.84. The Bertz CT molecular complexity index is 394. The Hall–Kier alpha value is -1.29. The molecule has 1 aliphatic carbocycles. The molecule has 1 fully saturated rings.